The van der Waals surface area contributed by atoms with Crippen LogP contribution in [0.3, 0.4) is 0 Å². The lowest BCUT2D eigenvalue weighted by atomic mass is 10.2. The third-order valence-corrected chi connectivity index (χ3v) is 8.19. The number of hydrogen-bond acceptors (Lipinski definition) is 5. The van der Waals surface area contributed by atoms with Crippen molar-refractivity contribution in [1.29, 1.82) is 0 Å². The molecule has 0 aromatic carbocycles. The normalized spacial score (nSPS) is 17.7. The van der Waals surface area contributed by atoms with Gasteiger partial charge in [0.25, 0.3) is 10.0 Å². The summed E-state index contributed by atoms with van der Waals surface area (Å²) in [6.07, 6.45) is 1.89. The lowest BCUT2D eigenvalue weighted by Crippen LogP contribution is -2.48. The van der Waals surface area contributed by atoms with Crippen molar-refractivity contribution in [3.05, 3.63) is 33.4 Å². The smallest absolute Gasteiger partial charge is 0.252 e. The fourth-order valence-electron chi connectivity index (χ4n) is 2.63. The molecule has 9 heteroatoms. The third kappa shape index (κ3) is 3.53. The van der Waals surface area contributed by atoms with Gasteiger partial charge in [-0.05, 0) is 35.0 Å². The Morgan fingerprint density at radius 1 is 1.26 bits per heavy atom. The number of thiophene rings is 1. The van der Waals surface area contributed by atoms with E-state index in [1.807, 2.05) is 17.9 Å². The van der Waals surface area contributed by atoms with Gasteiger partial charge in [-0.2, -0.15) is 9.40 Å². The first-order valence-corrected chi connectivity index (χ1v) is 10.4. The Balaban J connectivity index is 1.63. The summed E-state index contributed by atoms with van der Waals surface area (Å²) in [4.78, 5) is 2.28. The molecule has 1 aliphatic rings. The number of piperazine rings is 1. The van der Waals surface area contributed by atoms with Gasteiger partial charge in [-0.3, -0.25) is 9.58 Å². The van der Waals surface area contributed by atoms with Gasteiger partial charge in [0.05, 0.1) is 9.98 Å². The van der Waals surface area contributed by atoms with E-state index in [4.69, 9.17) is 0 Å². The molecule has 1 fully saturated rings. The Hall–Kier alpha value is -0.740. The van der Waals surface area contributed by atoms with Crippen molar-refractivity contribution in [2.75, 3.05) is 26.2 Å². The van der Waals surface area contributed by atoms with Crippen LogP contribution in [0.15, 0.2) is 26.3 Å². The number of halogens is 1. The molecule has 3 rings (SSSR count). The van der Waals surface area contributed by atoms with Gasteiger partial charge in [0.15, 0.2) is 0 Å². The number of aromatic nitrogens is 2. The van der Waals surface area contributed by atoms with Crippen molar-refractivity contribution in [3.63, 3.8) is 0 Å². The molecule has 2 aromatic rings. The van der Waals surface area contributed by atoms with Gasteiger partial charge >= 0.3 is 0 Å². The number of rotatable bonds is 4. The molecule has 0 aliphatic carbocycles. The van der Waals surface area contributed by atoms with Gasteiger partial charge in [-0.15, -0.1) is 11.3 Å². The number of sulfonamides is 1. The van der Waals surface area contributed by atoms with Crippen LogP contribution in [-0.4, -0.2) is 53.6 Å². The van der Waals surface area contributed by atoms with E-state index in [0.717, 1.165) is 29.1 Å². The molecule has 23 heavy (non-hydrogen) atoms. The zero-order valence-electron chi connectivity index (χ0n) is 13.1. The highest BCUT2D eigenvalue weighted by Crippen LogP contribution is 2.29. The maximum absolute atomic E-state index is 12.6. The summed E-state index contributed by atoms with van der Waals surface area (Å²) >= 11 is 4.58. The van der Waals surface area contributed by atoms with Crippen molar-refractivity contribution in [1.82, 2.24) is 19.0 Å². The van der Waals surface area contributed by atoms with Crippen molar-refractivity contribution in [3.8, 4) is 0 Å². The van der Waals surface area contributed by atoms with Gasteiger partial charge in [0.1, 0.15) is 4.21 Å². The maximum atomic E-state index is 12.6. The van der Waals surface area contributed by atoms with E-state index in [9.17, 15) is 8.42 Å². The molecule has 0 bridgehead atoms. The molecule has 6 nitrogen and oxygen atoms in total. The first kappa shape index (κ1) is 17.1. The molecule has 0 spiro atoms. The van der Waals surface area contributed by atoms with E-state index in [-0.39, 0.29) is 0 Å². The van der Waals surface area contributed by atoms with Crippen LogP contribution in [-0.2, 0) is 23.6 Å². The molecule has 0 atom stereocenters. The van der Waals surface area contributed by atoms with Gasteiger partial charge in [0, 0.05) is 51.0 Å². The maximum Gasteiger partial charge on any atom is 0.252 e. The van der Waals surface area contributed by atoms with Crippen LogP contribution in [0.4, 0.5) is 0 Å². The predicted molar refractivity (Wildman–Crippen MR) is 94.0 cm³/mol. The second kappa shape index (κ2) is 6.64. The molecule has 1 saturated heterocycles. The lowest BCUT2D eigenvalue weighted by molar-refractivity contribution is 0.181. The second-order valence-corrected chi connectivity index (χ2v) is 10.2. The summed E-state index contributed by atoms with van der Waals surface area (Å²) in [5, 5.41) is 4.26. The molecule has 3 heterocycles. The molecule has 1 aliphatic heterocycles. The van der Waals surface area contributed by atoms with Crippen LogP contribution in [0.2, 0.25) is 0 Å². The standard InChI is InChI=1S/C14H19BrN4O2S2/c1-11-12(9-16-17(11)2)10-18-5-7-19(8-6-18)23(20,21)14-4-3-13(15)22-14/h3-4,9H,5-8,10H2,1-2H3. The molecular weight excluding hydrogens is 400 g/mol. The van der Waals surface area contributed by atoms with E-state index in [0.29, 0.717) is 17.3 Å². The van der Waals surface area contributed by atoms with Gasteiger partial charge in [-0.1, -0.05) is 0 Å². The fourth-order valence-corrected chi connectivity index (χ4v) is 6.22. The summed E-state index contributed by atoms with van der Waals surface area (Å²) in [6, 6.07) is 3.44. The number of aryl methyl sites for hydroxylation is 1. The van der Waals surface area contributed by atoms with E-state index in [2.05, 4.69) is 32.9 Å². The Bertz CT molecular complexity index is 792. The molecule has 0 unspecified atom stereocenters. The summed E-state index contributed by atoms with van der Waals surface area (Å²) < 4.78 is 29.9. The second-order valence-electron chi connectivity index (χ2n) is 5.62. The van der Waals surface area contributed by atoms with Crippen LogP contribution in [0, 0.1) is 6.92 Å². The minimum absolute atomic E-state index is 0.404. The monoisotopic (exact) mass is 418 g/mol. The van der Waals surface area contributed by atoms with Gasteiger partial charge < -0.3 is 0 Å². The largest absolute Gasteiger partial charge is 0.296 e. The van der Waals surface area contributed by atoms with Gasteiger partial charge in [0.2, 0.25) is 0 Å². The van der Waals surface area contributed by atoms with Crippen molar-refractivity contribution in [2.45, 2.75) is 17.7 Å². The molecule has 126 valence electrons. The average molecular weight is 419 g/mol. The third-order valence-electron chi connectivity index (χ3n) is 4.20. The molecule has 0 saturated carbocycles. The fraction of sp³-hybridized carbons (Fsp3) is 0.500. The van der Waals surface area contributed by atoms with Crippen molar-refractivity contribution in [2.24, 2.45) is 7.05 Å². The van der Waals surface area contributed by atoms with E-state index >= 15 is 0 Å². The summed E-state index contributed by atoms with van der Waals surface area (Å²) in [5.41, 5.74) is 2.36. The van der Waals surface area contributed by atoms with Crippen LogP contribution < -0.4 is 0 Å². The van der Waals surface area contributed by atoms with Crippen molar-refractivity contribution >= 4 is 37.3 Å². The predicted octanol–water partition coefficient (Wildman–Crippen LogP) is 2.06. The molecule has 2 aromatic heterocycles. The van der Waals surface area contributed by atoms with Gasteiger partial charge in [-0.25, -0.2) is 8.42 Å². The zero-order valence-corrected chi connectivity index (χ0v) is 16.3. The quantitative estimate of drug-likeness (QED) is 0.762. The minimum Gasteiger partial charge on any atom is -0.296 e. The van der Waals surface area contributed by atoms with Crippen LogP contribution in [0.1, 0.15) is 11.3 Å². The lowest BCUT2D eigenvalue weighted by Gasteiger charge is -2.33. The SMILES string of the molecule is Cc1c(CN2CCN(S(=O)(=O)c3ccc(Br)s3)CC2)cnn1C. The van der Waals surface area contributed by atoms with E-state index in [1.165, 1.54) is 16.9 Å². The highest BCUT2D eigenvalue weighted by molar-refractivity contribution is 9.11. The highest BCUT2D eigenvalue weighted by atomic mass is 79.9. The molecule has 0 amide bonds. The molecular formula is C14H19BrN4O2S2. The summed E-state index contributed by atoms with van der Waals surface area (Å²) in [5.74, 6) is 0. The number of nitrogens with zero attached hydrogens (tertiary/aromatic N) is 4. The van der Waals surface area contributed by atoms with Crippen LogP contribution >= 0.6 is 27.3 Å². The Kier molecular flexibility index (Phi) is 4.93. The topological polar surface area (TPSA) is 58.4 Å². The van der Waals surface area contributed by atoms with E-state index in [1.54, 1.807) is 16.4 Å². The Labute approximate surface area is 148 Å². The first-order valence-electron chi connectivity index (χ1n) is 7.33. The van der Waals surface area contributed by atoms with Crippen molar-refractivity contribution < 1.29 is 8.42 Å². The molecule has 0 radical (unpaired) electrons. The zero-order chi connectivity index (χ0) is 16.6. The van der Waals surface area contributed by atoms with Crippen LogP contribution in [0.5, 0.6) is 0 Å². The first-order chi connectivity index (χ1) is 10.9. The van der Waals surface area contributed by atoms with E-state index < -0.39 is 10.0 Å². The Morgan fingerprint density at radius 2 is 1.96 bits per heavy atom. The Morgan fingerprint density at radius 3 is 2.48 bits per heavy atom. The summed E-state index contributed by atoms with van der Waals surface area (Å²) in [6.45, 7) is 5.39. The number of hydrogen-bond donors (Lipinski definition) is 0. The average Bonchev–Trinajstić information content (AvgIpc) is 3.09. The highest BCUT2D eigenvalue weighted by Gasteiger charge is 2.29. The summed E-state index contributed by atoms with van der Waals surface area (Å²) in [7, 11) is -1.43. The van der Waals surface area contributed by atoms with Crippen LogP contribution in [0.25, 0.3) is 0 Å². The minimum atomic E-state index is -3.36. The molecule has 0 N–H and O–H groups in total.